The van der Waals surface area contributed by atoms with E-state index in [0.717, 1.165) is 38.9 Å². The zero-order valence-corrected chi connectivity index (χ0v) is 17.0. The van der Waals surface area contributed by atoms with E-state index in [-0.39, 0.29) is 6.29 Å². The Morgan fingerprint density at radius 1 is 0.615 bits per heavy atom. The molecule has 2 nitrogen and oxygen atoms in total. The molecule has 0 N–H and O–H groups in total. The molecule has 2 heteroatoms. The Balaban J connectivity index is 1.58. The topological polar surface area (TPSA) is 18.5 Å². The van der Waals surface area contributed by atoms with Gasteiger partial charge in [0.05, 0.1) is 13.2 Å². The predicted molar refractivity (Wildman–Crippen MR) is 109 cm³/mol. The summed E-state index contributed by atoms with van der Waals surface area (Å²) < 4.78 is 13.0. The van der Waals surface area contributed by atoms with E-state index < -0.39 is 0 Å². The van der Waals surface area contributed by atoms with Crippen LogP contribution in [0.25, 0.3) is 0 Å². The van der Waals surface area contributed by atoms with Crippen LogP contribution in [0, 0.1) is 35.5 Å². The lowest BCUT2D eigenvalue weighted by Gasteiger charge is -2.36. The van der Waals surface area contributed by atoms with Gasteiger partial charge in [0, 0.05) is 5.92 Å². The molecular weight excluding hydrogens is 320 g/mol. The second-order valence-electron chi connectivity index (χ2n) is 8.98. The van der Waals surface area contributed by atoms with Crippen molar-refractivity contribution in [2.45, 2.75) is 65.6 Å². The van der Waals surface area contributed by atoms with Crippen LogP contribution in [0.3, 0.4) is 0 Å². The molecule has 3 rings (SSSR count). The summed E-state index contributed by atoms with van der Waals surface area (Å²) in [5.74, 6) is 3.83. The Morgan fingerprint density at radius 3 is 1.50 bits per heavy atom. The largest absolute Gasteiger partial charge is 0.352 e. The zero-order valence-electron chi connectivity index (χ0n) is 17.0. The van der Waals surface area contributed by atoms with E-state index in [4.69, 9.17) is 9.47 Å². The van der Waals surface area contributed by atoms with Crippen molar-refractivity contribution in [2.24, 2.45) is 35.5 Å². The maximum absolute atomic E-state index is 6.48. The number of allylic oxidation sites excluding steroid dienone is 6. The number of rotatable bonds is 7. The van der Waals surface area contributed by atoms with Gasteiger partial charge in [-0.05, 0) is 68.1 Å². The number of ether oxygens (including phenoxy) is 2. The minimum atomic E-state index is -0.0498. The van der Waals surface area contributed by atoms with Crippen molar-refractivity contribution in [3.63, 3.8) is 0 Å². The van der Waals surface area contributed by atoms with Crippen LogP contribution in [-0.4, -0.2) is 19.5 Å². The van der Waals surface area contributed by atoms with Gasteiger partial charge in [-0.1, -0.05) is 57.2 Å². The lowest BCUT2D eigenvalue weighted by Crippen LogP contribution is -2.36. The fraction of sp³-hybridized carbons (Fsp3) is 0.750. The molecule has 3 aliphatic carbocycles. The molecule has 0 spiro atoms. The minimum Gasteiger partial charge on any atom is -0.352 e. The van der Waals surface area contributed by atoms with Crippen LogP contribution in [0.2, 0.25) is 0 Å². The van der Waals surface area contributed by atoms with E-state index in [1.165, 1.54) is 12.8 Å². The van der Waals surface area contributed by atoms with Crippen LogP contribution in [-0.2, 0) is 9.47 Å². The van der Waals surface area contributed by atoms with Crippen LogP contribution in [0.15, 0.2) is 36.5 Å². The first-order valence-corrected chi connectivity index (χ1v) is 10.8. The van der Waals surface area contributed by atoms with Crippen LogP contribution in [0.1, 0.15) is 59.3 Å². The molecule has 0 saturated carbocycles. The first-order valence-electron chi connectivity index (χ1n) is 10.8. The third kappa shape index (κ3) is 5.33. The monoisotopic (exact) mass is 358 g/mol. The van der Waals surface area contributed by atoms with Gasteiger partial charge in [-0.2, -0.15) is 0 Å². The van der Waals surface area contributed by atoms with Gasteiger partial charge in [-0.15, -0.1) is 0 Å². The molecule has 0 fully saturated rings. The Labute approximate surface area is 160 Å². The quantitative estimate of drug-likeness (QED) is 0.401. The number of hydrogen-bond donors (Lipinski definition) is 0. The van der Waals surface area contributed by atoms with E-state index in [9.17, 15) is 0 Å². The Morgan fingerprint density at radius 2 is 1.04 bits per heavy atom. The molecule has 6 unspecified atom stereocenters. The molecule has 0 saturated heterocycles. The molecule has 26 heavy (non-hydrogen) atoms. The van der Waals surface area contributed by atoms with Gasteiger partial charge < -0.3 is 9.47 Å². The van der Waals surface area contributed by atoms with Crippen LogP contribution in [0.4, 0.5) is 0 Å². The molecule has 0 aliphatic heterocycles. The van der Waals surface area contributed by atoms with Gasteiger partial charge in [-0.25, -0.2) is 0 Å². The average Bonchev–Trinajstić information content (AvgIpc) is 2.65. The predicted octanol–water partition coefficient (Wildman–Crippen LogP) is 6.15. The highest BCUT2D eigenvalue weighted by atomic mass is 16.7. The van der Waals surface area contributed by atoms with Crippen LogP contribution in [0.5, 0.6) is 0 Å². The fourth-order valence-corrected chi connectivity index (χ4v) is 4.56. The Bertz CT molecular complexity index is 474. The molecule has 3 aliphatic rings. The van der Waals surface area contributed by atoms with Crippen molar-refractivity contribution in [2.75, 3.05) is 13.2 Å². The summed E-state index contributed by atoms with van der Waals surface area (Å²) in [5.41, 5.74) is 0. The minimum absolute atomic E-state index is 0.0498. The first kappa shape index (κ1) is 19.9. The second-order valence-corrected chi connectivity index (χ2v) is 8.98. The van der Waals surface area contributed by atoms with Crippen LogP contribution < -0.4 is 0 Å². The van der Waals surface area contributed by atoms with Crippen molar-refractivity contribution in [1.29, 1.82) is 0 Å². The Hall–Kier alpha value is -0.860. The van der Waals surface area contributed by atoms with E-state index in [0.29, 0.717) is 35.5 Å². The van der Waals surface area contributed by atoms with Gasteiger partial charge in [0.2, 0.25) is 0 Å². The van der Waals surface area contributed by atoms with E-state index in [2.05, 4.69) is 57.2 Å². The molecule has 6 atom stereocenters. The molecular formula is C24H38O2. The van der Waals surface area contributed by atoms with Gasteiger partial charge in [-0.3, -0.25) is 0 Å². The summed E-state index contributed by atoms with van der Waals surface area (Å²) in [6.45, 7) is 8.74. The molecule has 0 radical (unpaired) electrons. The van der Waals surface area contributed by atoms with E-state index in [1.807, 2.05) is 0 Å². The number of hydrogen-bond acceptors (Lipinski definition) is 2. The highest BCUT2D eigenvalue weighted by Gasteiger charge is 2.31. The van der Waals surface area contributed by atoms with E-state index >= 15 is 0 Å². The summed E-state index contributed by atoms with van der Waals surface area (Å²) in [6, 6.07) is 0. The average molecular weight is 359 g/mol. The van der Waals surface area contributed by atoms with Gasteiger partial charge in [0.1, 0.15) is 0 Å². The summed E-state index contributed by atoms with van der Waals surface area (Å²) >= 11 is 0. The van der Waals surface area contributed by atoms with Crippen molar-refractivity contribution < 1.29 is 9.47 Å². The van der Waals surface area contributed by atoms with Crippen molar-refractivity contribution in [1.82, 2.24) is 0 Å². The first-order chi connectivity index (χ1) is 12.6. The highest BCUT2D eigenvalue weighted by Crippen LogP contribution is 2.33. The smallest absolute Gasteiger partial charge is 0.160 e. The molecule has 0 aromatic heterocycles. The maximum atomic E-state index is 6.48. The summed E-state index contributed by atoms with van der Waals surface area (Å²) in [6.07, 6.45) is 20.8. The molecule has 0 heterocycles. The normalized spacial score (nSPS) is 38.4. The summed E-state index contributed by atoms with van der Waals surface area (Å²) in [5, 5.41) is 0. The fourth-order valence-electron chi connectivity index (χ4n) is 4.56. The maximum Gasteiger partial charge on any atom is 0.160 e. The van der Waals surface area contributed by atoms with Crippen molar-refractivity contribution in [3.05, 3.63) is 36.5 Å². The molecule has 0 aromatic carbocycles. The third-order valence-electron chi connectivity index (χ3n) is 6.95. The van der Waals surface area contributed by atoms with Gasteiger partial charge in [0.25, 0.3) is 0 Å². The molecule has 0 bridgehead atoms. The lowest BCUT2D eigenvalue weighted by atomic mass is 9.83. The molecule has 0 aromatic rings. The van der Waals surface area contributed by atoms with Crippen molar-refractivity contribution >= 4 is 0 Å². The SMILES string of the molecule is CC1CC=CCC1COC(OCC1CC=CCC1C)C1CC=CCC1C. The van der Waals surface area contributed by atoms with Crippen LogP contribution >= 0.6 is 0 Å². The van der Waals surface area contributed by atoms with E-state index in [1.54, 1.807) is 0 Å². The summed E-state index contributed by atoms with van der Waals surface area (Å²) in [7, 11) is 0. The molecule has 146 valence electrons. The standard InChI is InChI=1S/C24H38O2/c1-18-10-4-7-13-21(18)16-25-24(23-15-9-6-12-20(23)3)26-17-22-14-8-5-11-19(22)2/h4-9,18-24H,10-17H2,1-3H3. The van der Waals surface area contributed by atoms with Gasteiger partial charge in [0.15, 0.2) is 6.29 Å². The van der Waals surface area contributed by atoms with Crippen molar-refractivity contribution in [3.8, 4) is 0 Å². The van der Waals surface area contributed by atoms with Gasteiger partial charge >= 0.3 is 0 Å². The second kappa shape index (κ2) is 9.90. The highest BCUT2D eigenvalue weighted by molar-refractivity contribution is 4.96. The Kier molecular flexibility index (Phi) is 7.57. The molecule has 0 amide bonds. The zero-order chi connectivity index (χ0) is 18.4. The lowest BCUT2D eigenvalue weighted by molar-refractivity contribution is -0.197. The summed E-state index contributed by atoms with van der Waals surface area (Å²) in [4.78, 5) is 0. The third-order valence-corrected chi connectivity index (χ3v) is 6.95.